The van der Waals surface area contributed by atoms with Crippen molar-refractivity contribution in [3.63, 3.8) is 0 Å². The van der Waals surface area contributed by atoms with Crippen molar-refractivity contribution < 1.29 is 5.21 Å². The zero-order chi connectivity index (χ0) is 12.9. The number of hydrogen-bond acceptors (Lipinski definition) is 4. The molecule has 7 nitrogen and oxygen atoms in total. The molecule has 1 aliphatic rings. The van der Waals surface area contributed by atoms with Crippen molar-refractivity contribution in [3.05, 3.63) is 0 Å². The lowest BCUT2D eigenvalue weighted by Crippen LogP contribution is -2.75. The molecule has 0 radical (unpaired) electrons. The molecule has 0 aromatic rings. The molecular weight excluding hydrogens is 220 g/mol. The highest BCUT2D eigenvalue weighted by Crippen LogP contribution is 2.09. The minimum Gasteiger partial charge on any atom is -0.319 e. The molecule has 1 atom stereocenters. The Balaban J connectivity index is 2.99. The summed E-state index contributed by atoms with van der Waals surface area (Å²) < 4.78 is 0. The third-order valence-electron chi connectivity index (χ3n) is 2.43. The summed E-state index contributed by atoms with van der Waals surface area (Å²) in [6.07, 6.45) is 5.17. The van der Waals surface area contributed by atoms with E-state index in [0.29, 0.717) is 18.5 Å². The molecule has 0 spiro atoms. The molecule has 1 aliphatic heterocycles. The van der Waals surface area contributed by atoms with Gasteiger partial charge in [0.2, 0.25) is 11.9 Å². The van der Waals surface area contributed by atoms with Gasteiger partial charge in [0.1, 0.15) is 6.54 Å². The molecule has 1 rings (SSSR count). The lowest BCUT2D eigenvalue weighted by molar-refractivity contribution is -0.0103. The minimum atomic E-state index is -0.882. The maximum absolute atomic E-state index is 9.22. The Hall–Kier alpha value is -1.78. The van der Waals surface area contributed by atoms with Gasteiger partial charge in [-0.05, 0) is 13.8 Å². The molecule has 4 N–H and O–H groups in total. The molecule has 94 valence electrons. The smallest absolute Gasteiger partial charge is 0.204 e. The first kappa shape index (κ1) is 13.3. The molecule has 0 saturated carbocycles. The number of nitrogens with zero attached hydrogens (tertiary/aromatic N) is 3. The Morgan fingerprint density at radius 3 is 2.82 bits per heavy atom. The van der Waals surface area contributed by atoms with Crippen LogP contribution in [0.1, 0.15) is 13.8 Å². The van der Waals surface area contributed by atoms with Crippen LogP contribution in [-0.4, -0.2) is 48.0 Å². The van der Waals surface area contributed by atoms with Crippen molar-refractivity contribution >= 4 is 11.9 Å². The van der Waals surface area contributed by atoms with Crippen LogP contribution in [0.25, 0.3) is 0 Å². The average molecular weight is 238 g/mol. The van der Waals surface area contributed by atoms with E-state index in [1.807, 2.05) is 6.92 Å². The molecule has 0 aromatic heterocycles. The topological polar surface area (TPSA) is 84.3 Å². The first-order valence-electron chi connectivity index (χ1n) is 5.30. The van der Waals surface area contributed by atoms with Crippen LogP contribution in [0.2, 0.25) is 0 Å². The second kappa shape index (κ2) is 5.52. The summed E-state index contributed by atoms with van der Waals surface area (Å²) in [4.78, 5) is 10.1. The van der Waals surface area contributed by atoms with E-state index < -0.39 is 5.79 Å². The molecule has 0 aromatic carbocycles. The highest BCUT2D eigenvalue weighted by molar-refractivity contribution is 6.01. The summed E-state index contributed by atoms with van der Waals surface area (Å²) in [6, 6.07) is 0. The molecule has 1 unspecified atom stereocenters. The Morgan fingerprint density at radius 2 is 2.29 bits per heavy atom. The van der Waals surface area contributed by atoms with E-state index in [0.717, 1.165) is 0 Å². The predicted octanol–water partition coefficient (Wildman–Crippen LogP) is -0.871. The zero-order valence-corrected chi connectivity index (χ0v) is 10.3. The molecule has 0 bridgehead atoms. The predicted molar refractivity (Wildman–Crippen MR) is 66.5 cm³/mol. The average Bonchev–Trinajstić information content (AvgIpc) is 2.32. The Bertz CT molecular complexity index is 371. The number of rotatable bonds is 3. The maximum Gasteiger partial charge on any atom is 0.204 e. The number of nitrogens with one attached hydrogen (secondary N) is 3. The van der Waals surface area contributed by atoms with Crippen LogP contribution in [-0.2, 0) is 0 Å². The Kier molecular flexibility index (Phi) is 4.31. The fraction of sp³-hybridized carbons (Fsp3) is 0.600. The lowest BCUT2D eigenvalue weighted by atomic mass is 10.3. The minimum absolute atomic E-state index is 0.258. The summed E-state index contributed by atoms with van der Waals surface area (Å²) in [5.74, 6) is 2.62. The number of hydrogen-bond donors (Lipinski definition) is 4. The number of aliphatic imine (C=N–C) groups is 2. The quantitative estimate of drug-likeness (QED) is 0.379. The maximum atomic E-state index is 9.22. The second-order valence-electron chi connectivity index (χ2n) is 3.66. The van der Waals surface area contributed by atoms with Crippen molar-refractivity contribution in [3.8, 4) is 12.3 Å². The van der Waals surface area contributed by atoms with Gasteiger partial charge in [-0.25, -0.2) is 4.99 Å². The van der Waals surface area contributed by atoms with E-state index in [1.54, 1.807) is 18.9 Å². The van der Waals surface area contributed by atoms with Crippen LogP contribution in [0, 0.1) is 12.3 Å². The van der Waals surface area contributed by atoms with Crippen molar-refractivity contribution in [2.75, 3.05) is 20.1 Å². The number of guanidine groups is 2. The van der Waals surface area contributed by atoms with Crippen LogP contribution < -0.4 is 16.1 Å². The van der Waals surface area contributed by atoms with Gasteiger partial charge in [0, 0.05) is 13.6 Å². The molecule has 1 heterocycles. The Labute approximate surface area is 101 Å². The third-order valence-corrected chi connectivity index (χ3v) is 2.43. The van der Waals surface area contributed by atoms with Gasteiger partial charge in [0.05, 0.1) is 0 Å². The van der Waals surface area contributed by atoms with Gasteiger partial charge < -0.3 is 15.4 Å². The number of terminal acetylenes is 1. The van der Waals surface area contributed by atoms with Gasteiger partial charge in [-0.3, -0.25) is 10.3 Å². The summed E-state index contributed by atoms with van der Waals surface area (Å²) in [5, 5.41) is 15.2. The molecule has 0 aliphatic carbocycles. The van der Waals surface area contributed by atoms with Gasteiger partial charge in [-0.15, -0.1) is 6.42 Å². The van der Waals surface area contributed by atoms with Gasteiger partial charge in [0.25, 0.3) is 0 Å². The third kappa shape index (κ3) is 2.87. The molecular formula is C10H18N6O. The van der Waals surface area contributed by atoms with Crippen molar-refractivity contribution in [1.29, 1.82) is 0 Å². The van der Waals surface area contributed by atoms with Crippen molar-refractivity contribution in [2.45, 2.75) is 19.6 Å². The summed E-state index contributed by atoms with van der Waals surface area (Å²) >= 11 is 0. The highest BCUT2D eigenvalue weighted by atomic mass is 16.5. The van der Waals surface area contributed by atoms with E-state index in [-0.39, 0.29) is 6.54 Å². The zero-order valence-electron chi connectivity index (χ0n) is 10.3. The second-order valence-corrected chi connectivity index (χ2v) is 3.66. The van der Waals surface area contributed by atoms with Crippen molar-refractivity contribution in [1.82, 2.24) is 21.0 Å². The van der Waals surface area contributed by atoms with Gasteiger partial charge >= 0.3 is 0 Å². The molecule has 1 saturated heterocycles. The molecule has 0 amide bonds. The molecule has 17 heavy (non-hydrogen) atoms. The van der Waals surface area contributed by atoms with E-state index in [9.17, 15) is 5.21 Å². The van der Waals surface area contributed by atoms with Crippen LogP contribution in [0.3, 0.4) is 0 Å². The van der Waals surface area contributed by atoms with E-state index in [1.165, 1.54) is 0 Å². The fourth-order valence-corrected chi connectivity index (χ4v) is 1.35. The van der Waals surface area contributed by atoms with Gasteiger partial charge in [-0.1, -0.05) is 5.92 Å². The first-order valence-corrected chi connectivity index (χ1v) is 5.30. The van der Waals surface area contributed by atoms with Crippen LogP contribution in [0.5, 0.6) is 0 Å². The largest absolute Gasteiger partial charge is 0.319 e. The van der Waals surface area contributed by atoms with Crippen LogP contribution >= 0.6 is 0 Å². The van der Waals surface area contributed by atoms with Crippen LogP contribution in [0.15, 0.2) is 9.98 Å². The Morgan fingerprint density at radius 1 is 1.59 bits per heavy atom. The van der Waals surface area contributed by atoms with Crippen LogP contribution in [0.4, 0.5) is 0 Å². The highest BCUT2D eigenvalue weighted by Gasteiger charge is 2.36. The summed E-state index contributed by atoms with van der Waals surface area (Å²) in [5.41, 5.74) is 2.19. The lowest BCUT2D eigenvalue weighted by Gasteiger charge is -2.44. The van der Waals surface area contributed by atoms with Gasteiger partial charge in [0.15, 0.2) is 5.79 Å². The SMILES string of the molecule is C#CCN=C1NC(=NCC)NC(C)(NO)N1C. The van der Waals surface area contributed by atoms with Crippen molar-refractivity contribution in [2.24, 2.45) is 9.98 Å². The van der Waals surface area contributed by atoms with E-state index in [2.05, 4.69) is 32.0 Å². The summed E-state index contributed by atoms with van der Waals surface area (Å²) in [7, 11) is 1.77. The standard InChI is InChI=1S/C10H18N6O/c1-5-7-12-9-13-8(11-6-2)14-10(3,15-17)16(9)4/h1,15,17H,6-7H2,2-4H3,(H2,11,12,13,14). The normalized spacial score (nSPS) is 28.8. The van der Waals surface area contributed by atoms with E-state index in [4.69, 9.17) is 6.42 Å². The molecule has 1 fully saturated rings. The number of hydroxylamine groups is 1. The van der Waals surface area contributed by atoms with E-state index >= 15 is 0 Å². The molecule has 7 heteroatoms. The summed E-state index contributed by atoms with van der Waals surface area (Å²) in [6.45, 7) is 4.54. The fourth-order valence-electron chi connectivity index (χ4n) is 1.35. The monoisotopic (exact) mass is 238 g/mol. The first-order chi connectivity index (χ1) is 8.07. The van der Waals surface area contributed by atoms with Gasteiger partial charge in [-0.2, -0.15) is 5.48 Å².